The summed E-state index contributed by atoms with van der Waals surface area (Å²) in [7, 11) is 0. The number of carbonyl (C=O) groups excluding carboxylic acids is 2. The highest BCUT2D eigenvalue weighted by atomic mass is 16.4. The summed E-state index contributed by atoms with van der Waals surface area (Å²) in [5.41, 5.74) is 2.18. The quantitative estimate of drug-likeness (QED) is 0.599. The van der Waals surface area contributed by atoms with Crippen LogP contribution in [0.5, 0.6) is 0 Å². The van der Waals surface area contributed by atoms with E-state index in [1.54, 1.807) is 6.92 Å². The van der Waals surface area contributed by atoms with E-state index in [9.17, 15) is 14.4 Å². The van der Waals surface area contributed by atoms with Crippen molar-refractivity contribution >= 4 is 23.6 Å². The van der Waals surface area contributed by atoms with Gasteiger partial charge in [0, 0.05) is 42.8 Å². The number of amides is 3. The number of rotatable bonds is 7. The minimum Gasteiger partial charge on any atom is -0.480 e. The Bertz CT molecular complexity index is 822. The van der Waals surface area contributed by atoms with Crippen molar-refractivity contribution in [3.8, 4) is 0 Å². The Morgan fingerprint density at radius 3 is 2.38 bits per heavy atom. The molecule has 0 aromatic heterocycles. The van der Waals surface area contributed by atoms with Crippen molar-refractivity contribution in [1.82, 2.24) is 15.5 Å². The zero-order valence-electron chi connectivity index (χ0n) is 19.3. The Labute approximate surface area is 190 Å². The highest BCUT2D eigenvalue weighted by Crippen LogP contribution is 2.38. The molecule has 1 heterocycles. The number of nitrogens with one attached hydrogen (secondary N) is 2. The first-order valence-corrected chi connectivity index (χ1v) is 11.8. The molecule has 1 fully saturated rings. The second kappa shape index (κ2) is 10.8. The number of anilines is 1. The lowest BCUT2D eigenvalue weighted by Gasteiger charge is -2.42. The van der Waals surface area contributed by atoms with Gasteiger partial charge in [-0.25, -0.2) is 4.79 Å². The molecule has 0 unspecified atom stereocenters. The van der Waals surface area contributed by atoms with Crippen LogP contribution in [-0.4, -0.2) is 59.1 Å². The second-order valence-electron chi connectivity index (χ2n) is 8.89. The fourth-order valence-corrected chi connectivity index (χ4v) is 4.97. The van der Waals surface area contributed by atoms with Gasteiger partial charge in [-0.15, -0.1) is 0 Å². The standard InChI is InChI=1S/C24H36N4O4/c1-4-22(29)28-16(3)14-20(19-8-6-7-9-21(19)28)25-17-10-12-18(13-11-17)26-24(32)27(5-2)15-23(30)31/h6-9,16-18,20,25H,4-5,10-15H2,1-3H3,(H,26,32)(H,30,31)/t16-,17?,18?,20+/m0/s1. The van der Waals surface area contributed by atoms with Gasteiger partial charge in [0.25, 0.3) is 0 Å². The molecule has 8 nitrogen and oxygen atoms in total. The van der Waals surface area contributed by atoms with E-state index < -0.39 is 5.97 Å². The summed E-state index contributed by atoms with van der Waals surface area (Å²) in [5, 5.41) is 15.8. The molecule has 1 saturated carbocycles. The summed E-state index contributed by atoms with van der Waals surface area (Å²) in [5.74, 6) is -0.847. The normalized spacial score (nSPS) is 25.0. The molecule has 1 aliphatic carbocycles. The fourth-order valence-electron chi connectivity index (χ4n) is 4.97. The van der Waals surface area contributed by atoms with Crippen molar-refractivity contribution in [3.63, 3.8) is 0 Å². The first-order chi connectivity index (χ1) is 15.3. The summed E-state index contributed by atoms with van der Waals surface area (Å²) >= 11 is 0. The number of urea groups is 1. The second-order valence-corrected chi connectivity index (χ2v) is 8.89. The summed E-state index contributed by atoms with van der Waals surface area (Å²) in [6.07, 6.45) is 4.98. The lowest BCUT2D eigenvalue weighted by atomic mass is 9.87. The molecular weight excluding hydrogens is 408 g/mol. The SMILES string of the molecule is CCC(=O)N1c2ccccc2[C@H](NC2CCC(NC(=O)N(CC)CC(=O)O)CC2)C[C@@H]1C. The smallest absolute Gasteiger partial charge is 0.323 e. The molecule has 0 saturated heterocycles. The van der Waals surface area contributed by atoms with E-state index in [4.69, 9.17) is 5.11 Å². The van der Waals surface area contributed by atoms with Gasteiger partial charge >= 0.3 is 12.0 Å². The lowest BCUT2D eigenvalue weighted by Crippen LogP contribution is -2.50. The predicted molar refractivity (Wildman–Crippen MR) is 124 cm³/mol. The number of hydrogen-bond donors (Lipinski definition) is 3. The summed E-state index contributed by atoms with van der Waals surface area (Å²) in [6.45, 7) is 5.88. The molecule has 176 valence electrons. The summed E-state index contributed by atoms with van der Waals surface area (Å²) < 4.78 is 0. The van der Waals surface area contributed by atoms with Gasteiger partial charge in [-0.05, 0) is 57.6 Å². The molecule has 2 aliphatic rings. The number of hydrogen-bond acceptors (Lipinski definition) is 4. The Morgan fingerprint density at radius 2 is 1.75 bits per heavy atom. The van der Waals surface area contributed by atoms with Gasteiger partial charge in [-0.2, -0.15) is 0 Å². The maximum absolute atomic E-state index is 12.5. The molecule has 1 aromatic carbocycles. The molecule has 1 aromatic rings. The van der Waals surface area contributed by atoms with Gasteiger partial charge in [0.15, 0.2) is 0 Å². The molecule has 0 spiro atoms. The van der Waals surface area contributed by atoms with E-state index in [0.717, 1.165) is 37.8 Å². The van der Waals surface area contributed by atoms with Crippen molar-refractivity contribution in [1.29, 1.82) is 0 Å². The molecule has 1 aliphatic heterocycles. The van der Waals surface area contributed by atoms with E-state index >= 15 is 0 Å². The minimum absolute atomic E-state index is 0.0682. The van der Waals surface area contributed by atoms with E-state index in [1.807, 2.05) is 30.0 Å². The van der Waals surface area contributed by atoms with Crippen LogP contribution in [0, 0.1) is 0 Å². The van der Waals surface area contributed by atoms with E-state index in [-0.39, 0.29) is 36.6 Å². The van der Waals surface area contributed by atoms with Crippen molar-refractivity contribution in [2.45, 2.75) is 83.5 Å². The third-order valence-electron chi connectivity index (χ3n) is 6.65. The zero-order valence-corrected chi connectivity index (χ0v) is 19.3. The highest BCUT2D eigenvalue weighted by Gasteiger charge is 2.34. The van der Waals surface area contributed by atoms with E-state index in [0.29, 0.717) is 19.0 Å². The largest absolute Gasteiger partial charge is 0.480 e. The molecule has 3 amide bonds. The molecule has 0 radical (unpaired) electrons. The summed E-state index contributed by atoms with van der Waals surface area (Å²) in [6, 6.07) is 8.62. The van der Waals surface area contributed by atoms with Crippen LogP contribution in [0.25, 0.3) is 0 Å². The Morgan fingerprint density at radius 1 is 1.09 bits per heavy atom. The van der Waals surface area contributed by atoms with Gasteiger partial charge in [-0.3, -0.25) is 9.59 Å². The summed E-state index contributed by atoms with van der Waals surface area (Å²) in [4.78, 5) is 39.1. The number of likely N-dealkylation sites (N-methyl/N-ethyl adjacent to an activating group) is 1. The number of benzene rings is 1. The van der Waals surface area contributed by atoms with Crippen LogP contribution in [-0.2, 0) is 9.59 Å². The molecule has 32 heavy (non-hydrogen) atoms. The average molecular weight is 445 g/mol. The number of aliphatic carboxylic acids is 1. The van der Waals surface area contributed by atoms with Gasteiger partial charge in [-0.1, -0.05) is 25.1 Å². The van der Waals surface area contributed by atoms with E-state index in [2.05, 4.69) is 23.6 Å². The number of carboxylic acid groups (broad SMARTS) is 1. The van der Waals surface area contributed by atoms with Crippen molar-refractivity contribution in [2.75, 3.05) is 18.0 Å². The lowest BCUT2D eigenvalue weighted by molar-refractivity contribution is -0.137. The van der Waals surface area contributed by atoms with Crippen LogP contribution < -0.4 is 15.5 Å². The molecular formula is C24H36N4O4. The first-order valence-electron chi connectivity index (χ1n) is 11.8. The number of carboxylic acids is 1. The number of nitrogens with zero attached hydrogens (tertiary/aromatic N) is 2. The average Bonchev–Trinajstić information content (AvgIpc) is 2.78. The van der Waals surface area contributed by atoms with Crippen LogP contribution in [0.3, 0.4) is 0 Å². The number of fused-ring (bicyclic) bond motifs is 1. The zero-order chi connectivity index (χ0) is 23.3. The monoisotopic (exact) mass is 444 g/mol. The Hall–Kier alpha value is -2.61. The maximum Gasteiger partial charge on any atom is 0.323 e. The third kappa shape index (κ3) is 5.59. The maximum atomic E-state index is 12.5. The molecule has 3 rings (SSSR count). The van der Waals surface area contributed by atoms with Crippen LogP contribution in [0.1, 0.15) is 70.9 Å². The predicted octanol–water partition coefficient (Wildman–Crippen LogP) is 3.28. The Kier molecular flexibility index (Phi) is 8.12. The van der Waals surface area contributed by atoms with Gasteiger partial charge in [0.1, 0.15) is 6.54 Å². The van der Waals surface area contributed by atoms with Gasteiger partial charge < -0.3 is 25.5 Å². The molecule has 3 N–H and O–H groups in total. The number of carbonyl (C=O) groups is 3. The topological polar surface area (TPSA) is 102 Å². The van der Waals surface area contributed by atoms with Crippen LogP contribution >= 0.6 is 0 Å². The van der Waals surface area contributed by atoms with Gasteiger partial charge in [0.2, 0.25) is 5.91 Å². The van der Waals surface area contributed by atoms with Gasteiger partial charge in [0.05, 0.1) is 0 Å². The van der Waals surface area contributed by atoms with Crippen molar-refractivity contribution in [2.24, 2.45) is 0 Å². The fraction of sp³-hybridized carbons (Fsp3) is 0.625. The Balaban J connectivity index is 1.57. The van der Waals surface area contributed by atoms with Crippen LogP contribution in [0.4, 0.5) is 10.5 Å². The first kappa shape index (κ1) is 24.0. The van der Waals surface area contributed by atoms with Crippen molar-refractivity contribution in [3.05, 3.63) is 29.8 Å². The van der Waals surface area contributed by atoms with E-state index in [1.165, 1.54) is 10.5 Å². The molecule has 2 atom stereocenters. The number of para-hydroxylation sites is 1. The van der Waals surface area contributed by atoms with Crippen LogP contribution in [0.15, 0.2) is 24.3 Å². The van der Waals surface area contributed by atoms with Crippen molar-refractivity contribution < 1.29 is 19.5 Å². The van der Waals surface area contributed by atoms with Crippen LogP contribution in [0.2, 0.25) is 0 Å². The highest BCUT2D eigenvalue weighted by molar-refractivity contribution is 5.95. The molecule has 0 bridgehead atoms. The minimum atomic E-state index is -1.00. The third-order valence-corrected chi connectivity index (χ3v) is 6.65. The molecule has 8 heteroatoms.